The van der Waals surface area contributed by atoms with Crippen LogP contribution in [0.5, 0.6) is 0 Å². The second-order valence-corrected chi connectivity index (χ2v) is 6.36. The highest BCUT2D eigenvalue weighted by Crippen LogP contribution is 2.16. The van der Waals surface area contributed by atoms with E-state index in [0.717, 1.165) is 5.56 Å². The summed E-state index contributed by atoms with van der Waals surface area (Å²) in [6.07, 6.45) is 0. The molecule has 130 valence electrons. The van der Waals surface area contributed by atoms with Crippen LogP contribution in [0, 0.1) is 19.7 Å². The van der Waals surface area contributed by atoms with Crippen LogP contribution in [0.2, 0.25) is 0 Å². The van der Waals surface area contributed by atoms with Crippen LogP contribution in [-0.4, -0.2) is 47.8 Å². The Morgan fingerprint density at radius 3 is 2.04 bits per heavy atom. The van der Waals surface area contributed by atoms with E-state index in [1.54, 1.807) is 22.8 Å². The lowest BCUT2D eigenvalue weighted by Gasteiger charge is -2.35. The maximum Gasteiger partial charge on any atom is 0.254 e. The number of rotatable bonds is 2. The van der Waals surface area contributed by atoms with E-state index in [4.69, 9.17) is 0 Å². The summed E-state index contributed by atoms with van der Waals surface area (Å²) in [7, 11) is 0. The highest BCUT2D eigenvalue weighted by atomic mass is 19.1. The van der Waals surface area contributed by atoms with Crippen LogP contribution in [0.15, 0.2) is 42.5 Å². The van der Waals surface area contributed by atoms with Gasteiger partial charge < -0.3 is 9.80 Å². The summed E-state index contributed by atoms with van der Waals surface area (Å²) >= 11 is 0. The minimum Gasteiger partial charge on any atom is -0.335 e. The Morgan fingerprint density at radius 1 is 0.840 bits per heavy atom. The van der Waals surface area contributed by atoms with E-state index < -0.39 is 0 Å². The van der Waals surface area contributed by atoms with Crippen LogP contribution >= 0.6 is 0 Å². The van der Waals surface area contributed by atoms with Gasteiger partial charge in [0.05, 0.1) is 0 Å². The molecule has 25 heavy (non-hydrogen) atoms. The van der Waals surface area contributed by atoms with Crippen molar-refractivity contribution in [3.63, 3.8) is 0 Å². The van der Waals surface area contributed by atoms with E-state index >= 15 is 0 Å². The van der Waals surface area contributed by atoms with E-state index in [9.17, 15) is 14.0 Å². The predicted molar refractivity (Wildman–Crippen MR) is 94.1 cm³/mol. The lowest BCUT2D eigenvalue weighted by Crippen LogP contribution is -2.50. The standard InChI is InChI=1S/C20H21FN2O2/c1-14-5-3-4-6-17(14)20(25)23-11-9-22(10-12-23)19(24)16-7-8-18(21)15(2)13-16/h3-8,13H,9-12H2,1-2H3. The van der Waals surface area contributed by atoms with Gasteiger partial charge in [-0.15, -0.1) is 0 Å². The van der Waals surface area contributed by atoms with E-state index in [2.05, 4.69) is 0 Å². The largest absolute Gasteiger partial charge is 0.335 e. The second kappa shape index (κ2) is 7.05. The first-order valence-corrected chi connectivity index (χ1v) is 8.37. The molecule has 3 rings (SSSR count). The molecule has 2 aromatic rings. The van der Waals surface area contributed by atoms with Crippen LogP contribution in [0.1, 0.15) is 31.8 Å². The molecule has 1 saturated heterocycles. The number of carbonyl (C=O) groups is 2. The molecular formula is C20H21FN2O2. The summed E-state index contributed by atoms with van der Waals surface area (Å²) in [6, 6.07) is 11.9. The molecule has 1 fully saturated rings. The molecule has 2 aromatic carbocycles. The number of carbonyl (C=O) groups excluding carboxylic acids is 2. The van der Waals surface area contributed by atoms with E-state index in [1.807, 2.05) is 31.2 Å². The Labute approximate surface area is 146 Å². The molecule has 0 bridgehead atoms. The monoisotopic (exact) mass is 340 g/mol. The van der Waals surface area contributed by atoms with Gasteiger partial charge in [0.25, 0.3) is 11.8 Å². The lowest BCUT2D eigenvalue weighted by atomic mass is 10.1. The Morgan fingerprint density at radius 2 is 1.44 bits per heavy atom. The quantitative estimate of drug-likeness (QED) is 0.843. The number of amides is 2. The predicted octanol–water partition coefficient (Wildman–Crippen LogP) is 3.04. The summed E-state index contributed by atoms with van der Waals surface area (Å²) in [6.45, 7) is 5.52. The fraction of sp³-hybridized carbons (Fsp3) is 0.300. The van der Waals surface area contributed by atoms with Crippen molar-refractivity contribution < 1.29 is 14.0 Å². The van der Waals surface area contributed by atoms with Gasteiger partial charge in [0.2, 0.25) is 0 Å². The topological polar surface area (TPSA) is 40.6 Å². The molecule has 0 aliphatic carbocycles. The van der Waals surface area contributed by atoms with Crippen molar-refractivity contribution in [1.29, 1.82) is 0 Å². The van der Waals surface area contributed by atoms with Crippen molar-refractivity contribution in [3.05, 3.63) is 70.5 Å². The number of piperazine rings is 1. The second-order valence-electron chi connectivity index (χ2n) is 6.36. The number of benzene rings is 2. The molecule has 1 aliphatic rings. The molecule has 0 unspecified atom stereocenters. The van der Waals surface area contributed by atoms with Crippen LogP contribution in [0.25, 0.3) is 0 Å². The maximum absolute atomic E-state index is 13.4. The van der Waals surface area contributed by atoms with Crippen molar-refractivity contribution in [2.75, 3.05) is 26.2 Å². The third kappa shape index (κ3) is 3.55. The summed E-state index contributed by atoms with van der Waals surface area (Å²) in [5.41, 5.74) is 2.60. The molecule has 1 heterocycles. The van der Waals surface area contributed by atoms with Crippen molar-refractivity contribution in [1.82, 2.24) is 9.80 Å². The van der Waals surface area contributed by atoms with Gasteiger partial charge in [-0.05, 0) is 49.2 Å². The first-order chi connectivity index (χ1) is 12.0. The lowest BCUT2D eigenvalue weighted by molar-refractivity contribution is 0.0535. The highest BCUT2D eigenvalue weighted by molar-refractivity contribution is 5.96. The van der Waals surface area contributed by atoms with Gasteiger partial charge in [-0.2, -0.15) is 0 Å². The zero-order chi connectivity index (χ0) is 18.0. The Hall–Kier alpha value is -2.69. The summed E-state index contributed by atoms with van der Waals surface area (Å²) in [5, 5.41) is 0. The molecule has 0 saturated carbocycles. The third-order valence-corrected chi connectivity index (χ3v) is 4.63. The van der Waals surface area contributed by atoms with Gasteiger partial charge in [-0.1, -0.05) is 18.2 Å². The average molecular weight is 340 g/mol. The first kappa shape index (κ1) is 17.1. The zero-order valence-electron chi connectivity index (χ0n) is 14.5. The van der Waals surface area contributed by atoms with Gasteiger partial charge in [0.15, 0.2) is 0 Å². The Bertz CT molecular complexity index is 811. The molecule has 2 amide bonds. The average Bonchev–Trinajstić information content (AvgIpc) is 2.63. The smallest absolute Gasteiger partial charge is 0.254 e. The summed E-state index contributed by atoms with van der Waals surface area (Å²) in [5.74, 6) is -0.431. The van der Waals surface area contributed by atoms with Gasteiger partial charge in [0.1, 0.15) is 5.82 Å². The normalized spacial score (nSPS) is 14.5. The SMILES string of the molecule is Cc1cc(C(=O)N2CCN(C(=O)c3ccccc3C)CC2)ccc1F. The fourth-order valence-corrected chi connectivity index (χ4v) is 3.06. The minimum absolute atomic E-state index is 0.00262. The fourth-order valence-electron chi connectivity index (χ4n) is 3.06. The van der Waals surface area contributed by atoms with Crippen molar-refractivity contribution in [2.45, 2.75) is 13.8 Å². The number of halogens is 1. The van der Waals surface area contributed by atoms with Gasteiger partial charge in [-0.3, -0.25) is 9.59 Å². The summed E-state index contributed by atoms with van der Waals surface area (Å²) in [4.78, 5) is 28.7. The zero-order valence-corrected chi connectivity index (χ0v) is 14.5. The van der Waals surface area contributed by atoms with E-state index in [1.165, 1.54) is 12.1 Å². The minimum atomic E-state index is -0.315. The molecule has 1 aliphatic heterocycles. The summed E-state index contributed by atoms with van der Waals surface area (Å²) < 4.78 is 13.4. The first-order valence-electron chi connectivity index (χ1n) is 8.37. The van der Waals surface area contributed by atoms with E-state index in [-0.39, 0.29) is 17.6 Å². The van der Waals surface area contributed by atoms with Crippen molar-refractivity contribution in [3.8, 4) is 0 Å². The molecular weight excluding hydrogens is 319 g/mol. The Kier molecular flexibility index (Phi) is 4.83. The van der Waals surface area contributed by atoms with Gasteiger partial charge in [0, 0.05) is 37.3 Å². The highest BCUT2D eigenvalue weighted by Gasteiger charge is 2.26. The molecule has 0 N–H and O–H groups in total. The molecule has 0 atom stereocenters. The molecule has 0 aromatic heterocycles. The maximum atomic E-state index is 13.4. The molecule has 0 radical (unpaired) electrons. The van der Waals surface area contributed by atoms with Crippen LogP contribution < -0.4 is 0 Å². The number of aryl methyl sites for hydroxylation is 2. The van der Waals surface area contributed by atoms with E-state index in [0.29, 0.717) is 42.9 Å². The molecule has 0 spiro atoms. The number of hydrogen-bond donors (Lipinski definition) is 0. The molecule has 4 nitrogen and oxygen atoms in total. The van der Waals surface area contributed by atoms with Gasteiger partial charge >= 0.3 is 0 Å². The van der Waals surface area contributed by atoms with Gasteiger partial charge in [-0.25, -0.2) is 4.39 Å². The van der Waals surface area contributed by atoms with Crippen molar-refractivity contribution in [2.24, 2.45) is 0 Å². The third-order valence-electron chi connectivity index (χ3n) is 4.63. The number of hydrogen-bond acceptors (Lipinski definition) is 2. The van der Waals surface area contributed by atoms with Crippen LogP contribution in [0.3, 0.4) is 0 Å². The number of nitrogens with zero attached hydrogens (tertiary/aromatic N) is 2. The van der Waals surface area contributed by atoms with Crippen LogP contribution in [-0.2, 0) is 0 Å². The van der Waals surface area contributed by atoms with Crippen molar-refractivity contribution >= 4 is 11.8 Å². The van der Waals surface area contributed by atoms with Crippen LogP contribution in [0.4, 0.5) is 4.39 Å². The molecule has 5 heteroatoms. The Balaban J connectivity index is 1.65.